The van der Waals surface area contributed by atoms with Crippen LogP contribution >= 0.6 is 23.3 Å². The molecule has 1 saturated heterocycles. The maximum atomic E-state index is 13.2. The molecule has 1 fully saturated rings. The van der Waals surface area contributed by atoms with Crippen molar-refractivity contribution in [3.63, 3.8) is 0 Å². The summed E-state index contributed by atoms with van der Waals surface area (Å²) in [6.45, 7) is 0.0328. The van der Waals surface area contributed by atoms with Gasteiger partial charge in [-0.3, -0.25) is 14.5 Å². The standard InChI is InChI=1S/C23H23N7O6S2/c24-23-26-18(28-38-23)15(27-36-14-5-1-2-6-14)19(32)25-16-20(33)30-17(22(34)35)13(11-37-21(16)30)9-29-7-3-4-12(8-29)10-31/h1,3-5,7-8,14,16,21,31H,2,6,9-11H2,(H3-,24,25,26,28,32,34,35)/b27-15-/t14?,16?,21-/m1/s1. The van der Waals surface area contributed by atoms with Crippen molar-refractivity contribution in [2.24, 2.45) is 5.16 Å². The number of aromatic nitrogens is 3. The highest BCUT2D eigenvalue weighted by Crippen LogP contribution is 2.40. The number of fused-ring (bicyclic) bond motifs is 1. The number of nitrogens with two attached hydrogens (primary N) is 1. The Morgan fingerprint density at radius 2 is 2.26 bits per heavy atom. The maximum absolute atomic E-state index is 13.2. The van der Waals surface area contributed by atoms with Gasteiger partial charge in [0.05, 0.1) is 18.3 Å². The molecule has 0 spiro atoms. The number of carboxylic acids is 1. The highest BCUT2D eigenvalue weighted by Gasteiger charge is 2.53. The molecule has 2 aliphatic heterocycles. The molecule has 5 rings (SSSR count). The van der Waals surface area contributed by atoms with E-state index in [1.165, 1.54) is 11.8 Å². The van der Waals surface area contributed by atoms with Gasteiger partial charge in [0.1, 0.15) is 17.5 Å². The lowest BCUT2D eigenvalue weighted by Crippen LogP contribution is -2.71. The first-order valence-corrected chi connectivity index (χ1v) is 13.5. The predicted molar refractivity (Wildman–Crippen MR) is 134 cm³/mol. The van der Waals surface area contributed by atoms with Crippen LogP contribution in [0.2, 0.25) is 0 Å². The van der Waals surface area contributed by atoms with Crippen molar-refractivity contribution in [1.29, 1.82) is 0 Å². The third-order valence-corrected chi connectivity index (χ3v) is 8.00. The molecular weight excluding hydrogens is 534 g/mol. The van der Waals surface area contributed by atoms with Gasteiger partial charge in [0.15, 0.2) is 24.1 Å². The van der Waals surface area contributed by atoms with Crippen molar-refractivity contribution < 1.29 is 34.0 Å². The number of hydrogen-bond donors (Lipinski definition) is 3. The van der Waals surface area contributed by atoms with Crippen LogP contribution in [0.15, 0.2) is 53.1 Å². The van der Waals surface area contributed by atoms with Gasteiger partial charge in [-0.1, -0.05) is 11.2 Å². The van der Waals surface area contributed by atoms with Gasteiger partial charge < -0.3 is 30.9 Å². The Labute approximate surface area is 224 Å². The molecule has 198 valence electrons. The number of anilines is 1. The van der Waals surface area contributed by atoms with Crippen LogP contribution in [-0.4, -0.2) is 66.1 Å². The van der Waals surface area contributed by atoms with Crippen LogP contribution in [0, 0.1) is 0 Å². The van der Waals surface area contributed by atoms with Gasteiger partial charge in [0, 0.05) is 34.5 Å². The molecule has 13 nitrogen and oxygen atoms in total. The third kappa shape index (κ3) is 5.12. The summed E-state index contributed by atoms with van der Waals surface area (Å²) in [7, 11) is 0. The largest absolute Gasteiger partial charge is 0.543 e. The molecule has 0 aromatic carbocycles. The number of aliphatic carboxylic acids is 1. The first-order valence-electron chi connectivity index (χ1n) is 11.6. The van der Waals surface area contributed by atoms with Crippen LogP contribution in [0.3, 0.4) is 0 Å². The van der Waals surface area contributed by atoms with Gasteiger partial charge in [-0.15, -0.1) is 11.8 Å². The van der Waals surface area contributed by atoms with E-state index in [1.54, 1.807) is 29.1 Å². The third-order valence-electron chi connectivity index (χ3n) is 6.12. The first-order chi connectivity index (χ1) is 18.4. The number of pyridine rings is 1. The van der Waals surface area contributed by atoms with E-state index in [2.05, 4.69) is 19.8 Å². The second-order valence-corrected chi connectivity index (χ2v) is 10.6. The topological polar surface area (TPSA) is 187 Å². The molecule has 2 unspecified atom stereocenters. The number of hydrogen-bond acceptors (Lipinski definition) is 12. The fourth-order valence-corrected chi connectivity index (χ4v) is 6.09. The quantitative estimate of drug-likeness (QED) is 0.107. The summed E-state index contributed by atoms with van der Waals surface area (Å²) in [6, 6.07) is 2.48. The fourth-order valence-electron chi connectivity index (χ4n) is 4.32. The Balaban J connectivity index is 1.34. The van der Waals surface area contributed by atoms with Crippen molar-refractivity contribution in [2.75, 3.05) is 11.5 Å². The summed E-state index contributed by atoms with van der Waals surface area (Å²) < 4.78 is 5.76. The van der Waals surface area contributed by atoms with Crippen molar-refractivity contribution in [2.45, 2.75) is 43.5 Å². The van der Waals surface area contributed by atoms with Crippen molar-refractivity contribution in [3.05, 3.63) is 59.3 Å². The van der Waals surface area contributed by atoms with Crippen molar-refractivity contribution in [3.8, 4) is 0 Å². The zero-order chi connectivity index (χ0) is 26.8. The van der Waals surface area contributed by atoms with Crippen molar-refractivity contribution >= 4 is 51.9 Å². The Morgan fingerprint density at radius 1 is 1.42 bits per heavy atom. The Kier molecular flexibility index (Phi) is 7.40. The second kappa shape index (κ2) is 10.9. The number of aliphatic hydroxyl groups is 1. The highest BCUT2D eigenvalue weighted by molar-refractivity contribution is 8.00. The molecule has 0 radical (unpaired) electrons. The van der Waals surface area contributed by atoms with E-state index in [-0.39, 0.29) is 41.6 Å². The second-order valence-electron chi connectivity index (χ2n) is 8.69. The summed E-state index contributed by atoms with van der Waals surface area (Å²) in [4.78, 5) is 48.9. The minimum atomic E-state index is -1.48. The molecule has 2 aromatic rings. The van der Waals surface area contributed by atoms with Crippen LogP contribution in [-0.2, 0) is 32.4 Å². The average Bonchev–Trinajstić information content (AvgIpc) is 3.59. The minimum Gasteiger partial charge on any atom is -0.543 e. The van der Waals surface area contributed by atoms with Gasteiger partial charge in [-0.2, -0.15) is 9.36 Å². The smallest absolute Gasteiger partial charge is 0.278 e. The van der Waals surface area contributed by atoms with Gasteiger partial charge in [-0.25, -0.2) is 4.57 Å². The zero-order valence-electron chi connectivity index (χ0n) is 19.9. The molecule has 0 bridgehead atoms. The summed E-state index contributed by atoms with van der Waals surface area (Å²) >= 11 is 2.20. The van der Waals surface area contributed by atoms with E-state index in [4.69, 9.17) is 10.6 Å². The lowest BCUT2D eigenvalue weighted by Gasteiger charge is -2.50. The zero-order valence-corrected chi connectivity index (χ0v) is 21.5. The number of nitrogens with zero attached hydrogens (tertiary/aromatic N) is 5. The summed E-state index contributed by atoms with van der Waals surface area (Å²) in [5.41, 5.74) is 6.36. The number of amides is 2. The number of allylic oxidation sites excluding steroid dienone is 1. The van der Waals surface area contributed by atoms with E-state index in [0.29, 0.717) is 23.3 Å². The Morgan fingerprint density at radius 3 is 2.95 bits per heavy atom. The van der Waals surface area contributed by atoms with E-state index in [0.717, 1.165) is 22.9 Å². The molecule has 3 atom stereocenters. The Hall–Kier alpha value is -3.82. The Bertz CT molecular complexity index is 1370. The predicted octanol–water partition coefficient (Wildman–Crippen LogP) is -1.56. The van der Waals surface area contributed by atoms with Crippen molar-refractivity contribution in [1.82, 2.24) is 19.6 Å². The number of β-lactam (4-membered cyclic amide) rings is 1. The van der Waals surface area contributed by atoms with Gasteiger partial charge in [0.25, 0.3) is 11.8 Å². The summed E-state index contributed by atoms with van der Waals surface area (Å²) in [5.74, 6) is -2.56. The molecule has 2 aromatic heterocycles. The number of nitrogens with one attached hydrogen (secondary N) is 1. The number of carbonyl (C=O) groups excluding carboxylic acids is 3. The van der Waals surface area contributed by atoms with Gasteiger partial charge in [-0.05, 0) is 25.0 Å². The molecule has 4 heterocycles. The number of oxime groups is 1. The van der Waals surface area contributed by atoms with E-state index >= 15 is 0 Å². The van der Waals surface area contributed by atoms with Crippen LogP contribution in [0.5, 0.6) is 0 Å². The number of aliphatic hydroxyl groups excluding tert-OH is 1. The molecular formula is C23H23N7O6S2. The highest BCUT2D eigenvalue weighted by atomic mass is 32.2. The van der Waals surface area contributed by atoms with Crippen LogP contribution < -0.4 is 20.7 Å². The number of thioether (sulfide) groups is 1. The summed E-state index contributed by atoms with van der Waals surface area (Å²) in [6.07, 6.45) is 8.45. The first kappa shape index (κ1) is 25.8. The molecule has 4 N–H and O–H groups in total. The average molecular weight is 558 g/mol. The fraction of sp³-hybridized carbons (Fsp3) is 0.348. The monoisotopic (exact) mass is 557 g/mol. The lowest BCUT2D eigenvalue weighted by molar-refractivity contribution is -0.689. The van der Waals surface area contributed by atoms with E-state index in [1.807, 2.05) is 12.2 Å². The lowest BCUT2D eigenvalue weighted by atomic mass is 10.0. The van der Waals surface area contributed by atoms with Crippen LogP contribution in [0.1, 0.15) is 24.2 Å². The van der Waals surface area contributed by atoms with Crippen LogP contribution in [0.25, 0.3) is 0 Å². The number of carbonyl (C=O) groups is 3. The number of nitrogen functional groups attached to an aromatic ring is 1. The van der Waals surface area contributed by atoms with Gasteiger partial charge >= 0.3 is 0 Å². The van der Waals surface area contributed by atoms with Crippen LogP contribution in [0.4, 0.5) is 5.13 Å². The molecule has 1 aliphatic carbocycles. The van der Waals surface area contributed by atoms with E-state index in [9.17, 15) is 24.6 Å². The normalized spacial score (nSPS) is 22.8. The minimum absolute atomic E-state index is 0.0355. The molecule has 3 aliphatic rings. The molecule has 0 saturated carbocycles. The number of carboxylic acid groups (broad SMARTS) is 1. The molecule has 15 heteroatoms. The number of rotatable bonds is 9. The summed E-state index contributed by atoms with van der Waals surface area (Å²) in [5, 5.41) is 27.5. The van der Waals surface area contributed by atoms with Gasteiger partial charge in [0.2, 0.25) is 11.5 Å². The SMILES string of the molecule is Nc1nc(/C(=N/OC2C=CCC2)C(=O)NC2C(=O)N3C(C(=O)[O-])=C(C[n+]4cccc(CO)c4)CS[C@H]23)ns1. The van der Waals surface area contributed by atoms with E-state index < -0.39 is 29.2 Å². The molecule has 2 amide bonds. The maximum Gasteiger partial charge on any atom is 0.278 e. The molecule has 38 heavy (non-hydrogen) atoms.